The number of hydrogen-bond acceptors (Lipinski definition) is 5. The van der Waals surface area contributed by atoms with Crippen LogP contribution in [0.4, 0.5) is 21.0 Å². The first-order valence-electron chi connectivity index (χ1n) is 12.6. The van der Waals surface area contributed by atoms with Gasteiger partial charge in [-0.2, -0.15) is 0 Å². The molecule has 9 nitrogen and oxygen atoms in total. The molecule has 2 aromatic rings. The number of benzene rings is 2. The van der Waals surface area contributed by atoms with E-state index in [-0.39, 0.29) is 18.6 Å². The summed E-state index contributed by atoms with van der Waals surface area (Å²) in [5.74, 6) is 0.468. The van der Waals surface area contributed by atoms with Gasteiger partial charge in [-0.05, 0) is 68.1 Å². The maximum atomic E-state index is 13.1. The smallest absolute Gasteiger partial charge is 0.338 e. The van der Waals surface area contributed by atoms with Crippen molar-refractivity contribution in [3.63, 3.8) is 0 Å². The lowest BCUT2D eigenvalue weighted by Crippen LogP contribution is -2.48. The van der Waals surface area contributed by atoms with E-state index >= 15 is 0 Å². The van der Waals surface area contributed by atoms with Gasteiger partial charge in [0.1, 0.15) is 5.75 Å². The minimum absolute atomic E-state index is 0.187. The molecule has 0 bridgehead atoms. The predicted molar refractivity (Wildman–Crippen MR) is 143 cm³/mol. The number of amides is 4. The van der Waals surface area contributed by atoms with Crippen LogP contribution in [0.1, 0.15) is 52.6 Å². The fraction of sp³-hybridized carbons (Fsp3) is 0.393. The zero-order valence-electron chi connectivity index (χ0n) is 22.1. The Hall–Kier alpha value is -4.01. The normalized spacial score (nSPS) is 15.4. The van der Waals surface area contributed by atoms with Gasteiger partial charge in [0.25, 0.3) is 0 Å². The SMILES string of the molecule is CCCN1C(=O)NC(c2ccc(NC(=O)Nc3ccc(OCC)cc3)cc2)C(C(=O)OCC(C)C)=C1C. The molecule has 0 aromatic heterocycles. The summed E-state index contributed by atoms with van der Waals surface area (Å²) in [4.78, 5) is 39.9. The van der Waals surface area contributed by atoms with Crippen LogP contribution in [-0.2, 0) is 9.53 Å². The number of esters is 1. The Morgan fingerprint density at radius 1 is 1.00 bits per heavy atom. The molecule has 4 amide bonds. The molecule has 1 aliphatic heterocycles. The molecule has 0 aliphatic carbocycles. The van der Waals surface area contributed by atoms with Gasteiger partial charge in [-0.3, -0.25) is 4.90 Å². The van der Waals surface area contributed by atoms with Crippen LogP contribution in [0.3, 0.4) is 0 Å². The van der Waals surface area contributed by atoms with Crippen molar-refractivity contribution in [1.82, 2.24) is 10.2 Å². The average Bonchev–Trinajstić information content (AvgIpc) is 2.86. The van der Waals surface area contributed by atoms with E-state index < -0.39 is 18.0 Å². The molecule has 0 radical (unpaired) electrons. The van der Waals surface area contributed by atoms with Crippen LogP contribution < -0.4 is 20.7 Å². The molecule has 1 aliphatic rings. The van der Waals surface area contributed by atoms with Crippen molar-refractivity contribution >= 4 is 29.4 Å². The Kier molecular flexibility index (Phi) is 9.54. The molecule has 1 heterocycles. The van der Waals surface area contributed by atoms with Crippen molar-refractivity contribution in [2.24, 2.45) is 5.92 Å². The van der Waals surface area contributed by atoms with E-state index in [1.807, 2.05) is 27.7 Å². The van der Waals surface area contributed by atoms with E-state index in [2.05, 4.69) is 16.0 Å². The monoisotopic (exact) mass is 508 g/mol. The van der Waals surface area contributed by atoms with Gasteiger partial charge in [-0.1, -0.05) is 32.9 Å². The van der Waals surface area contributed by atoms with Crippen molar-refractivity contribution in [1.29, 1.82) is 0 Å². The lowest BCUT2D eigenvalue weighted by molar-refractivity contribution is -0.140. The van der Waals surface area contributed by atoms with Crippen molar-refractivity contribution in [3.8, 4) is 5.75 Å². The summed E-state index contributed by atoms with van der Waals surface area (Å²) in [6.45, 7) is 10.9. The number of hydrogen-bond donors (Lipinski definition) is 3. The van der Waals surface area contributed by atoms with Crippen molar-refractivity contribution in [3.05, 3.63) is 65.4 Å². The van der Waals surface area contributed by atoms with Crippen LogP contribution in [0.2, 0.25) is 0 Å². The second-order valence-corrected chi connectivity index (χ2v) is 9.18. The summed E-state index contributed by atoms with van der Waals surface area (Å²) < 4.78 is 10.9. The lowest BCUT2D eigenvalue weighted by atomic mass is 9.94. The highest BCUT2D eigenvalue weighted by Gasteiger charge is 2.36. The molecule has 0 saturated carbocycles. The van der Waals surface area contributed by atoms with Crippen molar-refractivity contribution in [2.75, 3.05) is 30.4 Å². The first kappa shape index (κ1) is 27.6. The Bertz CT molecular complexity index is 1130. The minimum atomic E-state index is -0.660. The molecular formula is C28H36N4O5. The van der Waals surface area contributed by atoms with E-state index in [9.17, 15) is 14.4 Å². The first-order valence-corrected chi connectivity index (χ1v) is 12.6. The summed E-state index contributed by atoms with van der Waals surface area (Å²) in [5, 5.41) is 8.50. The van der Waals surface area contributed by atoms with Gasteiger partial charge in [-0.25, -0.2) is 14.4 Å². The highest BCUT2D eigenvalue weighted by atomic mass is 16.5. The topological polar surface area (TPSA) is 109 Å². The lowest BCUT2D eigenvalue weighted by Gasteiger charge is -2.35. The van der Waals surface area contributed by atoms with Crippen LogP contribution in [0.5, 0.6) is 5.75 Å². The third kappa shape index (κ3) is 7.25. The molecule has 0 fully saturated rings. The van der Waals surface area contributed by atoms with Crippen molar-refractivity contribution < 1.29 is 23.9 Å². The van der Waals surface area contributed by atoms with E-state index in [0.717, 1.165) is 12.2 Å². The molecule has 0 saturated heterocycles. The standard InChI is InChI=1S/C28H36N4O5/c1-6-16-32-19(5)24(26(33)37-17-18(3)4)25(31-28(32)35)20-8-10-21(11-9-20)29-27(34)30-22-12-14-23(15-13-22)36-7-2/h8-15,18,25H,6-7,16-17H2,1-5H3,(H,31,35)(H2,29,30,34). The maximum Gasteiger partial charge on any atom is 0.338 e. The summed E-state index contributed by atoms with van der Waals surface area (Å²) in [7, 11) is 0. The fourth-order valence-electron chi connectivity index (χ4n) is 3.96. The Morgan fingerprint density at radius 2 is 1.59 bits per heavy atom. The van der Waals surface area contributed by atoms with Crippen LogP contribution in [-0.4, -0.2) is 42.7 Å². The summed E-state index contributed by atoms with van der Waals surface area (Å²) in [5.41, 5.74) is 2.89. The predicted octanol–water partition coefficient (Wildman–Crippen LogP) is 5.68. The number of urea groups is 2. The molecule has 2 aromatic carbocycles. The molecule has 1 atom stereocenters. The van der Waals surface area contributed by atoms with Gasteiger partial charge in [-0.15, -0.1) is 0 Å². The Morgan fingerprint density at radius 3 is 2.14 bits per heavy atom. The average molecular weight is 509 g/mol. The summed E-state index contributed by atoms with van der Waals surface area (Å²) in [6, 6.07) is 12.8. The number of anilines is 2. The number of allylic oxidation sites excluding steroid dienone is 1. The van der Waals surface area contributed by atoms with E-state index in [4.69, 9.17) is 9.47 Å². The third-order valence-corrected chi connectivity index (χ3v) is 5.74. The number of carbonyl (C=O) groups is 3. The molecule has 1 unspecified atom stereocenters. The highest BCUT2D eigenvalue weighted by molar-refractivity contribution is 6.00. The largest absolute Gasteiger partial charge is 0.494 e. The molecule has 3 rings (SSSR count). The van der Waals surface area contributed by atoms with Crippen LogP contribution in [0.15, 0.2) is 59.8 Å². The summed E-state index contributed by atoms with van der Waals surface area (Å²) >= 11 is 0. The molecule has 198 valence electrons. The number of rotatable bonds is 10. The summed E-state index contributed by atoms with van der Waals surface area (Å²) in [6.07, 6.45) is 0.753. The molecule has 3 N–H and O–H groups in total. The van der Waals surface area contributed by atoms with Gasteiger partial charge in [0.2, 0.25) is 0 Å². The number of ether oxygens (including phenoxy) is 2. The Balaban J connectivity index is 1.75. The van der Waals surface area contributed by atoms with Crippen LogP contribution in [0.25, 0.3) is 0 Å². The number of carbonyl (C=O) groups excluding carboxylic acids is 3. The van der Waals surface area contributed by atoms with Gasteiger partial charge >= 0.3 is 18.0 Å². The maximum absolute atomic E-state index is 13.1. The van der Waals surface area contributed by atoms with Gasteiger partial charge in [0.05, 0.1) is 24.8 Å². The quantitative estimate of drug-likeness (QED) is 0.358. The number of nitrogens with zero attached hydrogens (tertiary/aromatic N) is 1. The van der Waals surface area contributed by atoms with Crippen LogP contribution >= 0.6 is 0 Å². The van der Waals surface area contributed by atoms with Crippen molar-refractivity contribution in [2.45, 2.75) is 47.1 Å². The molecule has 9 heteroatoms. The van der Waals surface area contributed by atoms with Gasteiger partial charge in [0, 0.05) is 23.6 Å². The second-order valence-electron chi connectivity index (χ2n) is 9.18. The third-order valence-electron chi connectivity index (χ3n) is 5.74. The van der Waals surface area contributed by atoms with E-state index in [1.54, 1.807) is 60.4 Å². The first-order chi connectivity index (χ1) is 17.7. The number of nitrogens with one attached hydrogen (secondary N) is 3. The molecule has 37 heavy (non-hydrogen) atoms. The Labute approximate surface area is 218 Å². The highest BCUT2D eigenvalue weighted by Crippen LogP contribution is 2.32. The van der Waals surface area contributed by atoms with Gasteiger partial charge < -0.3 is 25.4 Å². The molecular weight excluding hydrogens is 472 g/mol. The molecule has 0 spiro atoms. The van der Waals surface area contributed by atoms with Crippen LogP contribution in [0, 0.1) is 5.92 Å². The van der Waals surface area contributed by atoms with Gasteiger partial charge in [0.15, 0.2) is 0 Å². The minimum Gasteiger partial charge on any atom is -0.494 e. The second kappa shape index (κ2) is 12.8. The van der Waals surface area contributed by atoms with E-state index in [1.165, 1.54) is 0 Å². The fourth-order valence-corrected chi connectivity index (χ4v) is 3.96. The zero-order chi connectivity index (χ0) is 26.9. The van der Waals surface area contributed by atoms with E-state index in [0.29, 0.717) is 41.4 Å². The zero-order valence-corrected chi connectivity index (χ0v) is 22.1.